The molecule has 1 saturated carbocycles. The van der Waals surface area contributed by atoms with E-state index in [1.54, 1.807) is 0 Å². The molecule has 1 aliphatic heterocycles. The molecule has 0 bridgehead atoms. The fourth-order valence-electron chi connectivity index (χ4n) is 6.03. The number of rotatable bonds is 8. The molecule has 2 aliphatic rings. The highest BCUT2D eigenvalue weighted by atomic mass is 19.4. The lowest BCUT2D eigenvalue weighted by atomic mass is 9.67. The van der Waals surface area contributed by atoms with E-state index in [9.17, 15) is 22.8 Å². The van der Waals surface area contributed by atoms with Gasteiger partial charge in [0.2, 0.25) is 11.8 Å². The molecule has 0 unspecified atom stereocenters. The number of likely N-dealkylation sites (tertiary alicyclic amines) is 1. The molecule has 0 radical (unpaired) electrons. The Morgan fingerprint density at radius 2 is 1.70 bits per heavy atom. The second-order valence-corrected chi connectivity index (χ2v) is 11.8. The number of anilines is 2. The number of amides is 2. The molecule has 246 valence electrons. The Bertz CT molecular complexity index is 1580. The Morgan fingerprint density at radius 1 is 1.00 bits per heavy atom. The standard InChI is InChI=1S/C32H36F4N6O4/c1-37-27(43)20-6-4-5-7-25(20)46-29-22(32(34,35)36)18-38-30(41-29)40-24-17-23(33)21(16-26(24)45-3)28(44)39-19-8-10-31(11-9-19)12-14-42(2)15-13-31/h4-7,16-19H,8-15H2,1-3H3,(H,37,43)(H,39,44)(H,38,40,41). The normalized spacial score (nSPS) is 16.9. The van der Waals surface area contributed by atoms with Gasteiger partial charge in [-0.2, -0.15) is 18.2 Å². The molecule has 2 aromatic carbocycles. The predicted molar refractivity (Wildman–Crippen MR) is 162 cm³/mol. The van der Waals surface area contributed by atoms with Crippen LogP contribution >= 0.6 is 0 Å². The number of carbonyl (C=O) groups excluding carboxylic acids is 2. The molecule has 1 saturated heterocycles. The molecule has 1 aliphatic carbocycles. The molecular weight excluding hydrogens is 608 g/mol. The van der Waals surface area contributed by atoms with Crippen molar-refractivity contribution < 1.29 is 36.6 Å². The third-order valence-electron chi connectivity index (χ3n) is 8.83. The first-order valence-corrected chi connectivity index (χ1v) is 15.0. The number of nitrogens with one attached hydrogen (secondary N) is 3. The first kappa shape index (κ1) is 32.9. The molecule has 2 heterocycles. The maximum Gasteiger partial charge on any atom is 0.423 e. The summed E-state index contributed by atoms with van der Waals surface area (Å²) in [7, 11) is 4.80. The van der Waals surface area contributed by atoms with Gasteiger partial charge in [0.05, 0.1) is 23.9 Å². The molecule has 3 aromatic rings. The quantitative estimate of drug-likeness (QED) is 0.259. The highest BCUT2D eigenvalue weighted by molar-refractivity contribution is 5.97. The summed E-state index contributed by atoms with van der Waals surface area (Å²) in [6.07, 6.45) is 1.56. The van der Waals surface area contributed by atoms with Crippen molar-refractivity contribution in [2.45, 2.75) is 50.7 Å². The van der Waals surface area contributed by atoms with E-state index in [4.69, 9.17) is 9.47 Å². The predicted octanol–water partition coefficient (Wildman–Crippen LogP) is 5.92. The van der Waals surface area contributed by atoms with Crippen LogP contribution in [0.2, 0.25) is 0 Å². The van der Waals surface area contributed by atoms with Crippen LogP contribution in [0.15, 0.2) is 42.6 Å². The summed E-state index contributed by atoms with van der Waals surface area (Å²) in [6.45, 7) is 2.14. The summed E-state index contributed by atoms with van der Waals surface area (Å²) >= 11 is 0. The summed E-state index contributed by atoms with van der Waals surface area (Å²) in [6, 6.07) is 7.85. The largest absolute Gasteiger partial charge is 0.495 e. The number of para-hydroxylation sites is 1. The Balaban J connectivity index is 1.33. The monoisotopic (exact) mass is 644 g/mol. The van der Waals surface area contributed by atoms with Crippen molar-refractivity contribution >= 4 is 23.5 Å². The molecule has 2 fully saturated rings. The fraction of sp³-hybridized carbons (Fsp3) is 0.438. The van der Waals surface area contributed by atoms with Gasteiger partial charge in [0.25, 0.3) is 11.8 Å². The number of benzene rings is 2. The van der Waals surface area contributed by atoms with E-state index in [2.05, 4.69) is 37.9 Å². The van der Waals surface area contributed by atoms with E-state index < -0.39 is 35.3 Å². The molecule has 14 heteroatoms. The summed E-state index contributed by atoms with van der Waals surface area (Å²) in [4.78, 5) is 35.3. The number of piperidine rings is 1. The minimum Gasteiger partial charge on any atom is -0.495 e. The number of halogens is 4. The van der Waals surface area contributed by atoms with Crippen LogP contribution in [0.25, 0.3) is 0 Å². The van der Waals surface area contributed by atoms with Crippen LogP contribution in [0, 0.1) is 11.2 Å². The maximum atomic E-state index is 15.3. The number of carbonyl (C=O) groups is 2. The summed E-state index contributed by atoms with van der Waals surface area (Å²) in [5, 5.41) is 8.00. The molecule has 5 rings (SSSR count). The number of alkyl halides is 3. The van der Waals surface area contributed by atoms with Crippen LogP contribution in [-0.2, 0) is 6.18 Å². The number of hydrogen-bond donors (Lipinski definition) is 3. The van der Waals surface area contributed by atoms with Gasteiger partial charge in [-0.15, -0.1) is 0 Å². The van der Waals surface area contributed by atoms with Crippen molar-refractivity contribution in [3.63, 3.8) is 0 Å². The third-order valence-corrected chi connectivity index (χ3v) is 8.83. The van der Waals surface area contributed by atoms with Crippen molar-refractivity contribution in [2.75, 3.05) is 39.6 Å². The minimum atomic E-state index is -4.89. The smallest absolute Gasteiger partial charge is 0.423 e. The number of methoxy groups -OCH3 is 1. The van der Waals surface area contributed by atoms with E-state index >= 15 is 4.39 Å². The average molecular weight is 645 g/mol. The van der Waals surface area contributed by atoms with Crippen LogP contribution in [0.5, 0.6) is 17.4 Å². The highest BCUT2D eigenvalue weighted by Gasteiger charge is 2.38. The van der Waals surface area contributed by atoms with Gasteiger partial charge in [-0.25, -0.2) is 9.37 Å². The van der Waals surface area contributed by atoms with Crippen LogP contribution in [0.4, 0.5) is 29.2 Å². The van der Waals surface area contributed by atoms with Crippen molar-refractivity contribution in [1.82, 2.24) is 25.5 Å². The first-order valence-electron chi connectivity index (χ1n) is 15.0. The number of hydrogen-bond acceptors (Lipinski definition) is 8. The maximum absolute atomic E-state index is 15.3. The molecule has 1 spiro atoms. The van der Waals surface area contributed by atoms with Gasteiger partial charge < -0.3 is 30.3 Å². The van der Waals surface area contributed by atoms with E-state index in [0.717, 1.165) is 57.7 Å². The summed E-state index contributed by atoms with van der Waals surface area (Å²) in [5.74, 6) is -3.42. The van der Waals surface area contributed by atoms with Crippen molar-refractivity contribution in [2.24, 2.45) is 5.41 Å². The van der Waals surface area contributed by atoms with Crippen molar-refractivity contribution in [3.05, 3.63) is 65.1 Å². The zero-order valence-corrected chi connectivity index (χ0v) is 25.8. The Labute approximate surface area is 263 Å². The number of nitrogens with zero attached hydrogens (tertiary/aromatic N) is 3. The van der Waals surface area contributed by atoms with Crippen LogP contribution in [0.1, 0.15) is 64.8 Å². The van der Waals surface area contributed by atoms with Gasteiger partial charge in [0, 0.05) is 25.4 Å². The number of aromatic nitrogens is 2. The van der Waals surface area contributed by atoms with E-state index in [0.29, 0.717) is 11.6 Å². The van der Waals surface area contributed by atoms with Crippen LogP contribution in [-0.4, -0.2) is 67.0 Å². The van der Waals surface area contributed by atoms with Crippen LogP contribution in [0.3, 0.4) is 0 Å². The molecule has 2 amide bonds. The Hall–Kier alpha value is -4.46. The lowest BCUT2D eigenvalue weighted by molar-refractivity contribution is -0.139. The summed E-state index contributed by atoms with van der Waals surface area (Å²) < 4.78 is 67.7. The molecule has 10 nitrogen and oxygen atoms in total. The Kier molecular flexibility index (Phi) is 9.66. The first-order chi connectivity index (χ1) is 21.9. The van der Waals surface area contributed by atoms with E-state index in [1.807, 2.05) is 0 Å². The number of ether oxygens (including phenoxy) is 2. The molecule has 1 aromatic heterocycles. The lowest BCUT2D eigenvalue weighted by Gasteiger charge is -2.45. The zero-order chi connectivity index (χ0) is 33.1. The van der Waals surface area contributed by atoms with E-state index in [-0.39, 0.29) is 40.3 Å². The topological polar surface area (TPSA) is 118 Å². The van der Waals surface area contributed by atoms with Gasteiger partial charge >= 0.3 is 6.18 Å². The van der Waals surface area contributed by atoms with Crippen molar-refractivity contribution in [1.29, 1.82) is 0 Å². The van der Waals surface area contributed by atoms with Gasteiger partial charge in [-0.3, -0.25) is 9.59 Å². The van der Waals surface area contributed by atoms with Gasteiger partial charge in [-0.05, 0) is 82.3 Å². The van der Waals surface area contributed by atoms with Crippen molar-refractivity contribution in [3.8, 4) is 17.4 Å². The third kappa shape index (κ3) is 7.33. The molecular formula is C32H36F4N6O4. The Morgan fingerprint density at radius 3 is 2.35 bits per heavy atom. The SMILES string of the molecule is CNC(=O)c1ccccc1Oc1nc(Nc2cc(F)c(C(=O)NC3CCC4(CC3)CCN(C)CC4)cc2OC)ncc1C(F)(F)F. The molecule has 0 atom stereocenters. The average Bonchev–Trinajstić information content (AvgIpc) is 3.03. The fourth-order valence-corrected chi connectivity index (χ4v) is 6.03. The second-order valence-electron chi connectivity index (χ2n) is 11.8. The van der Waals surface area contributed by atoms with Gasteiger partial charge in [0.1, 0.15) is 22.9 Å². The summed E-state index contributed by atoms with van der Waals surface area (Å²) in [5.41, 5.74) is -1.26. The second kappa shape index (κ2) is 13.5. The highest BCUT2D eigenvalue weighted by Crippen LogP contribution is 2.44. The van der Waals surface area contributed by atoms with Crippen LogP contribution < -0.4 is 25.4 Å². The van der Waals surface area contributed by atoms with Gasteiger partial charge in [-0.1, -0.05) is 12.1 Å². The lowest BCUT2D eigenvalue weighted by Crippen LogP contribution is -2.45. The molecule has 3 N–H and O–H groups in total. The minimum absolute atomic E-state index is 0.0154. The van der Waals surface area contributed by atoms with Gasteiger partial charge in [0.15, 0.2) is 0 Å². The van der Waals surface area contributed by atoms with E-state index in [1.165, 1.54) is 44.5 Å². The molecule has 46 heavy (non-hydrogen) atoms. The zero-order valence-electron chi connectivity index (χ0n) is 25.8.